The van der Waals surface area contributed by atoms with Crippen molar-refractivity contribution in [1.82, 2.24) is 9.78 Å². The van der Waals surface area contributed by atoms with E-state index >= 15 is 0 Å². The molecule has 12 heavy (non-hydrogen) atoms. The summed E-state index contributed by atoms with van der Waals surface area (Å²) in [6.07, 6.45) is 1.29. The smallest absolute Gasteiger partial charge is 0.261 e. The van der Waals surface area contributed by atoms with Crippen LogP contribution in [0.4, 0.5) is 8.78 Å². The SMILES string of the molecule is [B]c1cnn(C2CC2(F)F)c1C. The Hall–Kier alpha value is -0.865. The molecule has 1 aliphatic rings. The van der Waals surface area contributed by atoms with E-state index < -0.39 is 12.0 Å². The lowest BCUT2D eigenvalue weighted by molar-refractivity contribution is 0.0979. The zero-order chi connectivity index (χ0) is 8.93. The first kappa shape index (κ1) is 7.77. The van der Waals surface area contributed by atoms with E-state index in [1.54, 1.807) is 6.92 Å². The van der Waals surface area contributed by atoms with Crippen molar-refractivity contribution < 1.29 is 8.78 Å². The van der Waals surface area contributed by atoms with E-state index in [0.29, 0.717) is 11.2 Å². The summed E-state index contributed by atoms with van der Waals surface area (Å²) in [5.41, 5.74) is 1.09. The van der Waals surface area contributed by atoms with Gasteiger partial charge in [-0.1, -0.05) is 5.46 Å². The third-order valence-corrected chi connectivity index (χ3v) is 2.17. The van der Waals surface area contributed by atoms with Gasteiger partial charge in [0.25, 0.3) is 5.92 Å². The predicted molar refractivity (Wildman–Crippen MR) is 41.0 cm³/mol. The summed E-state index contributed by atoms with van der Waals surface area (Å²) in [7, 11) is 5.47. The van der Waals surface area contributed by atoms with Crippen molar-refractivity contribution in [3.8, 4) is 0 Å². The molecule has 1 aliphatic carbocycles. The molecule has 0 saturated heterocycles. The number of aromatic nitrogens is 2. The van der Waals surface area contributed by atoms with Crippen LogP contribution < -0.4 is 5.46 Å². The highest BCUT2D eigenvalue weighted by molar-refractivity contribution is 6.32. The molecular formula is C7H7BF2N2. The minimum absolute atomic E-state index is 0.116. The maximum atomic E-state index is 12.6. The second-order valence-corrected chi connectivity index (χ2v) is 3.11. The Kier molecular flexibility index (Phi) is 1.35. The summed E-state index contributed by atoms with van der Waals surface area (Å²) in [5.74, 6) is -2.58. The number of nitrogens with zero attached hydrogens (tertiary/aromatic N) is 2. The molecule has 1 fully saturated rings. The van der Waals surface area contributed by atoms with Gasteiger partial charge in [0.15, 0.2) is 0 Å². The van der Waals surface area contributed by atoms with Gasteiger partial charge in [-0.3, -0.25) is 4.68 Å². The van der Waals surface area contributed by atoms with E-state index in [2.05, 4.69) is 5.10 Å². The van der Waals surface area contributed by atoms with E-state index in [1.165, 1.54) is 10.9 Å². The molecular weight excluding hydrogens is 161 g/mol. The van der Waals surface area contributed by atoms with Crippen molar-refractivity contribution in [1.29, 1.82) is 0 Å². The summed E-state index contributed by atoms with van der Waals surface area (Å²) in [6, 6.07) is -0.769. The van der Waals surface area contributed by atoms with E-state index in [0.717, 1.165) is 0 Å². The van der Waals surface area contributed by atoms with Crippen LogP contribution in [0.25, 0.3) is 0 Å². The first-order chi connectivity index (χ1) is 5.52. The van der Waals surface area contributed by atoms with Gasteiger partial charge in [-0.25, -0.2) is 8.78 Å². The maximum absolute atomic E-state index is 12.6. The Morgan fingerprint density at radius 3 is 2.67 bits per heavy atom. The molecule has 1 saturated carbocycles. The molecule has 0 spiro atoms. The van der Waals surface area contributed by atoms with Crippen LogP contribution in [0.15, 0.2) is 6.20 Å². The molecule has 0 aliphatic heterocycles. The van der Waals surface area contributed by atoms with Crippen molar-refractivity contribution in [3.63, 3.8) is 0 Å². The number of rotatable bonds is 1. The Bertz CT molecular complexity index is 321. The summed E-state index contributed by atoms with van der Waals surface area (Å²) in [5, 5.41) is 3.78. The second kappa shape index (κ2) is 2.09. The average molecular weight is 168 g/mol. The Labute approximate surface area is 70.0 Å². The van der Waals surface area contributed by atoms with Gasteiger partial charge < -0.3 is 0 Å². The molecule has 0 aromatic carbocycles. The van der Waals surface area contributed by atoms with Crippen molar-refractivity contribution in [2.24, 2.45) is 0 Å². The number of alkyl halides is 2. The van der Waals surface area contributed by atoms with Gasteiger partial charge in [-0.05, 0) is 6.92 Å². The fourth-order valence-electron chi connectivity index (χ4n) is 1.22. The largest absolute Gasteiger partial charge is 0.272 e. The first-order valence-electron chi connectivity index (χ1n) is 3.70. The van der Waals surface area contributed by atoms with Gasteiger partial charge in [-0.15, -0.1) is 0 Å². The van der Waals surface area contributed by atoms with Gasteiger partial charge in [0.05, 0.1) is 0 Å². The summed E-state index contributed by atoms with van der Waals surface area (Å²) in [4.78, 5) is 0. The molecule has 62 valence electrons. The fourth-order valence-corrected chi connectivity index (χ4v) is 1.22. The van der Waals surface area contributed by atoms with Gasteiger partial charge in [0.2, 0.25) is 0 Å². The standard InChI is InChI=1S/C7H7BF2N2/c1-4-5(8)3-11-12(4)6-2-7(6,9)10/h3,6H,2H2,1H3. The highest BCUT2D eigenvalue weighted by Crippen LogP contribution is 2.52. The zero-order valence-electron chi connectivity index (χ0n) is 6.59. The molecule has 1 unspecified atom stereocenters. The lowest BCUT2D eigenvalue weighted by Crippen LogP contribution is -2.10. The summed E-state index contributed by atoms with van der Waals surface area (Å²) >= 11 is 0. The third kappa shape index (κ3) is 0.957. The molecule has 1 heterocycles. The zero-order valence-corrected chi connectivity index (χ0v) is 6.59. The van der Waals surface area contributed by atoms with E-state index in [9.17, 15) is 8.78 Å². The third-order valence-electron chi connectivity index (χ3n) is 2.17. The predicted octanol–water partition coefficient (Wildman–Crippen LogP) is 0.565. The topological polar surface area (TPSA) is 17.8 Å². The number of halogens is 2. The van der Waals surface area contributed by atoms with Crippen LogP contribution in [0.5, 0.6) is 0 Å². The van der Waals surface area contributed by atoms with Crippen LogP contribution in [0, 0.1) is 6.92 Å². The monoisotopic (exact) mass is 168 g/mol. The molecule has 5 heteroatoms. The molecule has 2 rings (SSSR count). The molecule has 0 bridgehead atoms. The van der Waals surface area contributed by atoms with Crippen molar-refractivity contribution >= 4 is 13.3 Å². The fraction of sp³-hybridized carbons (Fsp3) is 0.571. The van der Waals surface area contributed by atoms with Gasteiger partial charge in [-0.2, -0.15) is 5.10 Å². The van der Waals surface area contributed by atoms with E-state index in [4.69, 9.17) is 7.85 Å². The molecule has 2 radical (unpaired) electrons. The maximum Gasteiger partial charge on any atom is 0.272 e. The van der Waals surface area contributed by atoms with E-state index in [-0.39, 0.29) is 6.42 Å². The Balaban J connectivity index is 2.31. The average Bonchev–Trinajstić information content (AvgIpc) is 2.47. The minimum atomic E-state index is -2.58. The van der Waals surface area contributed by atoms with Crippen LogP contribution in [0.1, 0.15) is 18.2 Å². The van der Waals surface area contributed by atoms with Crippen molar-refractivity contribution in [2.45, 2.75) is 25.3 Å². The van der Waals surface area contributed by atoms with Crippen LogP contribution >= 0.6 is 0 Å². The molecule has 2 nitrogen and oxygen atoms in total. The highest BCUT2D eigenvalue weighted by atomic mass is 19.3. The quantitative estimate of drug-likeness (QED) is 0.560. The van der Waals surface area contributed by atoms with Gasteiger partial charge in [0, 0.05) is 18.3 Å². The lowest BCUT2D eigenvalue weighted by atomic mass is 9.98. The first-order valence-corrected chi connectivity index (χ1v) is 3.70. The lowest BCUT2D eigenvalue weighted by Gasteiger charge is -2.02. The van der Waals surface area contributed by atoms with Crippen molar-refractivity contribution in [3.05, 3.63) is 11.9 Å². The second-order valence-electron chi connectivity index (χ2n) is 3.11. The van der Waals surface area contributed by atoms with Crippen LogP contribution in [-0.2, 0) is 0 Å². The summed E-state index contributed by atoms with van der Waals surface area (Å²) in [6.45, 7) is 1.69. The number of hydrogen-bond acceptors (Lipinski definition) is 1. The van der Waals surface area contributed by atoms with Crippen LogP contribution in [0.2, 0.25) is 0 Å². The van der Waals surface area contributed by atoms with E-state index in [1.807, 2.05) is 0 Å². The van der Waals surface area contributed by atoms with Gasteiger partial charge >= 0.3 is 0 Å². The molecule has 1 aromatic heterocycles. The van der Waals surface area contributed by atoms with Gasteiger partial charge in [0.1, 0.15) is 13.9 Å². The van der Waals surface area contributed by atoms with Crippen LogP contribution in [0.3, 0.4) is 0 Å². The molecule has 1 atom stereocenters. The molecule has 0 amide bonds. The minimum Gasteiger partial charge on any atom is -0.261 e. The Morgan fingerprint density at radius 2 is 2.33 bits per heavy atom. The summed E-state index contributed by atoms with van der Waals surface area (Å²) < 4.78 is 26.4. The van der Waals surface area contributed by atoms with Crippen LogP contribution in [-0.4, -0.2) is 23.5 Å². The molecule has 1 aromatic rings. The number of hydrogen-bond donors (Lipinski definition) is 0. The molecule has 0 N–H and O–H groups in total. The van der Waals surface area contributed by atoms with Crippen molar-refractivity contribution in [2.75, 3.05) is 0 Å². The normalized spacial score (nSPS) is 25.8. The Morgan fingerprint density at radius 1 is 1.75 bits per heavy atom. The highest BCUT2D eigenvalue weighted by Gasteiger charge is 2.59.